The minimum absolute atomic E-state index is 0.00192. The summed E-state index contributed by atoms with van der Waals surface area (Å²) in [5.74, 6) is 0.689. The maximum absolute atomic E-state index is 11.8. The van der Waals surface area contributed by atoms with Crippen molar-refractivity contribution in [2.24, 2.45) is 5.73 Å². The van der Waals surface area contributed by atoms with Crippen molar-refractivity contribution in [1.29, 1.82) is 0 Å². The molecule has 1 aliphatic rings. The van der Waals surface area contributed by atoms with Crippen molar-refractivity contribution >= 4 is 21.8 Å². The van der Waals surface area contributed by atoms with E-state index in [-0.39, 0.29) is 18.6 Å². The Hall–Kier alpha value is -1.07. The van der Waals surface area contributed by atoms with E-state index in [1.165, 1.54) is 0 Å². The second-order valence-corrected chi connectivity index (χ2v) is 5.05. The predicted molar refractivity (Wildman–Crippen MR) is 68.8 cm³/mol. The van der Waals surface area contributed by atoms with Gasteiger partial charge in [-0.1, -0.05) is 22.0 Å². The molecule has 2 N–H and O–H groups in total. The summed E-state index contributed by atoms with van der Waals surface area (Å²) in [6.07, 6.45) is 0.878. The van der Waals surface area contributed by atoms with Gasteiger partial charge in [-0.2, -0.15) is 0 Å². The topological polar surface area (TPSA) is 55.6 Å². The molecule has 1 amide bonds. The first-order valence-corrected chi connectivity index (χ1v) is 6.36. The Morgan fingerprint density at radius 1 is 1.59 bits per heavy atom. The molecule has 0 aliphatic carbocycles. The van der Waals surface area contributed by atoms with Crippen LogP contribution in [0.3, 0.4) is 0 Å². The lowest BCUT2D eigenvalue weighted by Gasteiger charge is -2.16. The normalized spacial score (nSPS) is 19.4. The number of carbonyl (C=O) groups excluding carboxylic acids is 1. The first-order valence-electron chi connectivity index (χ1n) is 5.57. The van der Waals surface area contributed by atoms with Crippen LogP contribution in [0.15, 0.2) is 28.7 Å². The SMILES string of the molecule is N[C@@H]1CCN(C(=O)COc2cccc(Br)c2)C1. The van der Waals surface area contributed by atoms with Gasteiger partial charge in [-0.05, 0) is 24.6 Å². The van der Waals surface area contributed by atoms with Gasteiger partial charge in [0.15, 0.2) is 6.61 Å². The third-order valence-electron chi connectivity index (χ3n) is 2.74. The van der Waals surface area contributed by atoms with E-state index in [4.69, 9.17) is 10.5 Å². The number of rotatable bonds is 3. The average Bonchev–Trinajstić information content (AvgIpc) is 2.73. The fourth-order valence-electron chi connectivity index (χ4n) is 1.81. The Morgan fingerprint density at radius 3 is 3.06 bits per heavy atom. The number of nitrogens with two attached hydrogens (primary N) is 1. The molecule has 92 valence electrons. The van der Waals surface area contributed by atoms with Crippen molar-refractivity contribution < 1.29 is 9.53 Å². The smallest absolute Gasteiger partial charge is 0.260 e. The molecule has 0 saturated carbocycles. The number of nitrogens with zero attached hydrogens (tertiary/aromatic N) is 1. The zero-order valence-electron chi connectivity index (χ0n) is 9.43. The summed E-state index contributed by atoms with van der Waals surface area (Å²) in [5, 5.41) is 0. The fourth-order valence-corrected chi connectivity index (χ4v) is 2.19. The minimum Gasteiger partial charge on any atom is -0.484 e. The lowest BCUT2D eigenvalue weighted by atomic mass is 10.3. The van der Waals surface area contributed by atoms with E-state index in [0.29, 0.717) is 12.3 Å². The molecule has 1 atom stereocenters. The van der Waals surface area contributed by atoms with Crippen LogP contribution in [0.1, 0.15) is 6.42 Å². The van der Waals surface area contributed by atoms with Gasteiger partial charge >= 0.3 is 0 Å². The zero-order chi connectivity index (χ0) is 12.3. The molecule has 5 heteroatoms. The highest BCUT2D eigenvalue weighted by Crippen LogP contribution is 2.18. The Kier molecular flexibility index (Phi) is 4.02. The van der Waals surface area contributed by atoms with Crippen molar-refractivity contribution in [3.63, 3.8) is 0 Å². The highest BCUT2D eigenvalue weighted by atomic mass is 79.9. The molecule has 1 aromatic rings. The van der Waals surface area contributed by atoms with Gasteiger partial charge in [-0.15, -0.1) is 0 Å². The van der Waals surface area contributed by atoms with Crippen molar-refractivity contribution in [1.82, 2.24) is 4.90 Å². The predicted octanol–water partition coefficient (Wildman–Crippen LogP) is 1.39. The second kappa shape index (κ2) is 5.51. The molecular formula is C12H15BrN2O2. The van der Waals surface area contributed by atoms with Crippen LogP contribution in [0.25, 0.3) is 0 Å². The highest BCUT2D eigenvalue weighted by molar-refractivity contribution is 9.10. The summed E-state index contributed by atoms with van der Waals surface area (Å²) in [6.45, 7) is 1.45. The number of hydrogen-bond donors (Lipinski definition) is 1. The number of hydrogen-bond acceptors (Lipinski definition) is 3. The standard InChI is InChI=1S/C12H15BrN2O2/c13-9-2-1-3-11(6-9)17-8-12(16)15-5-4-10(14)7-15/h1-3,6,10H,4-5,7-8,14H2/t10-/m1/s1. The van der Waals surface area contributed by atoms with Gasteiger partial charge in [0.05, 0.1) is 0 Å². The Balaban J connectivity index is 1.84. The number of likely N-dealkylation sites (tertiary alicyclic amines) is 1. The molecule has 17 heavy (non-hydrogen) atoms. The molecule has 0 bridgehead atoms. The molecule has 1 heterocycles. The molecule has 1 saturated heterocycles. The van der Waals surface area contributed by atoms with Gasteiger partial charge in [0.25, 0.3) is 5.91 Å². The lowest BCUT2D eigenvalue weighted by Crippen LogP contribution is -2.35. The summed E-state index contributed by atoms with van der Waals surface area (Å²) < 4.78 is 6.37. The van der Waals surface area contributed by atoms with Crippen LogP contribution in [0.4, 0.5) is 0 Å². The molecular weight excluding hydrogens is 284 g/mol. The maximum Gasteiger partial charge on any atom is 0.260 e. The van der Waals surface area contributed by atoms with Gasteiger partial charge in [0, 0.05) is 23.6 Å². The third kappa shape index (κ3) is 3.44. The van der Waals surface area contributed by atoms with Crippen LogP contribution in [-0.2, 0) is 4.79 Å². The highest BCUT2D eigenvalue weighted by Gasteiger charge is 2.23. The third-order valence-corrected chi connectivity index (χ3v) is 3.23. The van der Waals surface area contributed by atoms with Gasteiger partial charge in [-0.3, -0.25) is 4.79 Å². The molecule has 1 aromatic carbocycles. The van der Waals surface area contributed by atoms with Crippen LogP contribution < -0.4 is 10.5 Å². The molecule has 4 nitrogen and oxygen atoms in total. The van der Waals surface area contributed by atoms with E-state index in [1.54, 1.807) is 4.90 Å². The first-order chi connectivity index (χ1) is 8.15. The van der Waals surface area contributed by atoms with Crippen LogP contribution >= 0.6 is 15.9 Å². The van der Waals surface area contributed by atoms with Crippen molar-refractivity contribution in [3.8, 4) is 5.75 Å². The number of amides is 1. The fraction of sp³-hybridized carbons (Fsp3) is 0.417. The minimum atomic E-state index is -0.00192. The molecule has 0 spiro atoms. The summed E-state index contributed by atoms with van der Waals surface area (Å²) in [6, 6.07) is 7.56. The first kappa shape index (κ1) is 12.4. The summed E-state index contributed by atoms with van der Waals surface area (Å²) in [5.41, 5.74) is 5.75. The van der Waals surface area contributed by atoms with E-state index in [9.17, 15) is 4.79 Å². The van der Waals surface area contributed by atoms with Crippen LogP contribution in [0, 0.1) is 0 Å². The Morgan fingerprint density at radius 2 is 2.41 bits per heavy atom. The monoisotopic (exact) mass is 298 g/mol. The van der Waals surface area contributed by atoms with E-state index < -0.39 is 0 Å². The zero-order valence-corrected chi connectivity index (χ0v) is 11.0. The Labute approximate surface area is 109 Å². The molecule has 0 unspecified atom stereocenters. The van der Waals surface area contributed by atoms with E-state index in [2.05, 4.69) is 15.9 Å². The number of carbonyl (C=O) groups is 1. The summed E-state index contributed by atoms with van der Waals surface area (Å²) in [7, 11) is 0. The average molecular weight is 299 g/mol. The quantitative estimate of drug-likeness (QED) is 0.917. The largest absolute Gasteiger partial charge is 0.484 e. The van der Waals surface area contributed by atoms with Gasteiger partial charge in [-0.25, -0.2) is 0 Å². The summed E-state index contributed by atoms with van der Waals surface area (Å²) in [4.78, 5) is 13.5. The molecule has 0 aromatic heterocycles. The maximum atomic E-state index is 11.8. The molecule has 1 aliphatic heterocycles. The number of benzene rings is 1. The van der Waals surface area contributed by atoms with Crippen LogP contribution in [0.5, 0.6) is 5.75 Å². The molecule has 2 rings (SSSR count). The summed E-state index contributed by atoms with van der Waals surface area (Å²) >= 11 is 3.35. The lowest BCUT2D eigenvalue weighted by molar-refractivity contribution is -0.132. The van der Waals surface area contributed by atoms with Gasteiger partial charge in [0.2, 0.25) is 0 Å². The number of ether oxygens (including phenoxy) is 1. The number of halogens is 1. The van der Waals surface area contributed by atoms with Crippen LogP contribution in [0.2, 0.25) is 0 Å². The van der Waals surface area contributed by atoms with E-state index in [0.717, 1.165) is 17.4 Å². The van der Waals surface area contributed by atoms with Gasteiger partial charge < -0.3 is 15.4 Å². The molecule has 0 radical (unpaired) electrons. The van der Waals surface area contributed by atoms with Crippen LogP contribution in [-0.4, -0.2) is 36.5 Å². The van der Waals surface area contributed by atoms with Crippen molar-refractivity contribution in [3.05, 3.63) is 28.7 Å². The van der Waals surface area contributed by atoms with Crippen molar-refractivity contribution in [2.75, 3.05) is 19.7 Å². The van der Waals surface area contributed by atoms with Crippen molar-refractivity contribution in [2.45, 2.75) is 12.5 Å². The molecule has 1 fully saturated rings. The van der Waals surface area contributed by atoms with E-state index >= 15 is 0 Å². The van der Waals surface area contributed by atoms with E-state index in [1.807, 2.05) is 24.3 Å². The van der Waals surface area contributed by atoms with Gasteiger partial charge in [0.1, 0.15) is 5.75 Å². The second-order valence-electron chi connectivity index (χ2n) is 4.13. The Bertz CT molecular complexity index is 411.